The van der Waals surface area contributed by atoms with Crippen LogP contribution in [0.4, 0.5) is 11.4 Å². The minimum Gasteiger partial charge on any atom is -0.399 e. The highest BCUT2D eigenvalue weighted by Crippen LogP contribution is 2.30. The Kier molecular flexibility index (Phi) is 4.88. The smallest absolute Gasteiger partial charge is 0.253 e. The van der Waals surface area contributed by atoms with Gasteiger partial charge in [0.15, 0.2) is 0 Å². The Bertz CT molecular complexity index is 473. The molecule has 2 rings (SSSR count). The SMILES string of the molecule is CCC1CCCCCN1c1cc(N)ccc1C(=O)NC. The quantitative estimate of drug-likeness (QED) is 0.834. The van der Waals surface area contributed by atoms with Gasteiger partial charge in [0.05, 0.1) is 11.3 Å². The first-order valence-electron chi connectivity index (χ1n) is 7.55. The normalized spacial score (nSPS) is 19.5. The van der Waals surface area contributed by atoms with Gasteiger partial charge in [-0.05, 0) is 37.5 Å². The summed E-state index contributed by atoms with van der Waals surface area (Å²) in [5, 5.41) is 2.72. The molecule has 0 aliphatic carbocycles. The molecule has 1 aliphatic rings. The lowest BCUT2D eigenvalue weighted by molar-refractivity contribution is 0.0963. The summed E-state index contributed by atoms with van der Waals surface area (Å²) < 4.78 is 0. The highest BCUT2D eigenvalue weighted by molar-refractivity contribution is 6.00. The zero-order chi connectivity index (χ0) is 14.5. The van der Waals surface area contributed by atoms with Crippen LogP contribution in [0.15, 0.2) is 18.2 Å². The number of hydrogen-bond acceptors (Lipinski definition) is 3. The van der Waals surface area contributed by atoms with E-state index in [0.29, 0.717) is 11.7 Å². The summed E-state index contributed by atoms with van der Waals surface area (Å²) in [7, 11) is 1.67. The van der Waals surface area contributed by atoms with Crippen LogP contribution in [-0.2, 0) is 0 Å². The zero-order valence-corrected chi connectivity index (χ0v) is 12.5. The lowest BCUT2D eigenvalue weighted by Crippen LogP contribution is -2.36. The third-order valence-corrected chi connectivity index (χ3v) is 4.15. The Morgan fingerprint density at radius 2 is 2.20 bits per heavy atom. The largest absolute Gasteiger partial charge is 0.399 e. The highest BCUT2D eigenvalue weighted by atomic mass is 16.1. The maximum atomic E-state index is 12.1. The molecule has 1 aromatic rings. The molecule has 4 nitrogen and oxygen atoms in total. The summed E-state index contributed by atoms with van der Waals surface area (Å²) in [6.45, 7) is 3.22. The Hall–Kier alpha value is -1.71. The van der Waals surface area contributed by atoms with Crippen molar-refractivity contribution in [2.24, 2.45) is 0 Å². The first-order chi connectivity index (χ1) is 9.67. The van der Waals surface area contributed by atoms with E-state index in [0.717, 1.165) is 24.2 Å². The van der Waals surface area contributed by atoms with Gasteiger partial charge in [-0.25, -0.2) is 0 Å². The van der Waals surface area contributed by atoms with Crippen molar-refractivity contribution < 1.29 is 4.79 Å². The summed E-state index contributed by atoms with van der Waals surface area (Å²) in [5.74, 6) is -0.0425. The molecule has 1 saturated heterocycles. The molecule has 1 aromatic carbocycles. The van der Waals surface area contributed by atoms with Crippen molar-refractivity contribution in [3.8, 4) is 0 Å². The molecule has 0 saturated carbocycles. The third kappa shape index (κ3) is 3.06. The minimum absolute atomic E-state index is 0.0425. The van der Waals surface area contributed by atoms with Crippen LogP contribution in [0.5, 0.6) is 0 Å². The Morgan fingerprint density at radius 1 is 1.40 bits per heavy atom. The van der Waals surface area contributed by atoms with E-state index in [1.165, 1.54) is 25.7 Å². The maximum absolute atomic E-state index is 12.1. The van der Waals surface area contributed by atoms with E-state index in [9.17, 15) is 4.79 Å². The standard InChI is InChI=1S/C16H25N3O/c1-3-13-7-5-4-6-10-19(13)15-11-12(17)8-9-14(15)16(20)18-2/h8-9,11,13H,3-7,10,17H2,1-2H3,(H,18,20). The molecule has 1 heterocycles. The lowest BCUT2D eigenvalue weighted by Gasteiger charge is -2.33. The van der Waals surface area contributed by atoms with Gasteiger partial charge in [-0.1, -0.05) is 19.8 Å². The first-order valence-corrected chi connectivity index (χ1v) is 7.55. The molecule has 0 radical (unpaired) electrons. The zero-order valence-electron chi connectivity index (χ0n) is 12.5. The number of nitrogen functional groups attached to an aromatic ring is 1. The Labute approximate surface area is 121 Å². The average molecular weight is 275 g/mol. The summed E-state index contributed by atoms with van der Waals surface area (Å²) in [4.78, 5) is 14.5. The molecule has 3 N–H and O–H groups in total. The predicted molar refractivity (Wildman–Crippen MR) is 84.1 cm³/mol. The van der Waals surface area contributed by atoms with E-state index < -0.39 is 0 Å². The Balaban J connectivity index is 2.42. The molecule has 1 atom stereocenters. The number of hydrogen-bond donors (Lipinski definition) is 2. The number of nitrogens with two attached hydrogens (primary N) is 1. The second kappa shape index (κ2) is 6.64. The van der Waals surface area contributed by atoms with Crippen molar-refractivity contribution in [1.82, 2.24) is 5.32 Å². The predicted octanol–water partition coefficient (Wildman–Crippen LogP) is 2.79. The molecule has 0 bridgehead atoms. The van der Waals surface area contributed by atoms with Gasteiger partial charge >= 0.3 is 0 Å². The van der Waals surface area contributed by atoms with Gasteiger partial charge in [0.2, 0.25) is 0 Å². The van der Waals surface area contributed by atoms with Gasteiger partial charge < -0.3 is 16.0 Å². The third-order valence-electron chi connectivity index (χ3n) is 4.15. The molecular formula is C16H25N3O. The van der Waals surface area contributed by atoms with Crippen molar-refractivity contribution >= 4 is 17.3 Å². The monoisotopic (exact) mass is 275 g/mol. The topological polar surface area (TPSA) is 58.4 Å². The van der Waals surface area contributed by atoms with Crippen molar-refractivity contribution in [2.45, 2.75) is 45.1 Å². The average Bonchev–Trinajstić information content (AvgIpc) is 2.71. The number of nitrogens with zero attached hydrogens (tertiary/aromatic N) is 1. The van der Waals surface area contributed by atoms with Gasteiger partial charge in [0, 0.05) is 25.3 Å². The van der Waals surface area contributed by atoms with E-state index >= 15 is 0 Å². The minimum atomic E-state index is -0.0425. The van der Waals surface area contributed by atoms with E-state index in [1.54, 1.807) is 13.1 Å². The number of rotatable bonds is 3. The van der Waals surface area contributed by atoms with Crippen molar-refractivity contribution in [3.63, 3.8) is 0 Å². The highest BCUT2D eigenvalue weighted by Gasteiger charge is 2.23. The fraction of sp³-hybridized carbons (Fsp3) is 0.562. The number of carbonyl (C=O) groups is 1. The summed E-state index contributed by atoms with van der Waals surface area (Å²) >= 11 is 0. The van der Waals surface area contributed by atoms with Gasteiger partial charge in [-0.2, -0.15) is 0 Å². The molecule has 1 aliphatic heterocycles. The second-order valence-corrected chi connectivity index (χ2v) is 5.46. The molecule has 20 heavy (non-hydrogen) atoms. The number of anilines is 2. The number of benzene rings is 1. The molecule has 4 heteroatoms. The fourth-order valence-electron chi connectivity index (χ4n) is 3.03. The molecule has 1 amide bonds. The van der Waals surface area contributed by atoms with Crippen molar-refractivity contribution in [3.05, 3.63) is 23.8 Å². The molecule has 1 unspecified atom stereocenters. The number of nitrogens with one attached hydrogen (secondary N) is 1. The lowest BCUT2D eigenvalue weighted by atomic mass is 10.0. The maximum Gasteiger partial charge on any atom is 0.253 e. The molecule has 0 spiro atoms. The first kappa shape index (κ1) is 14.7. The summed E-state index contributed by atoms with van der Waals surface area (Å²) in [5.41, 5.74) is 8.37. The summed E-state index contributed by atoms with van der Waals surface area (Å²) in [6, 6.07) is 6.08. The van der Waals surface area contributed by atoms with E-state index in [1.807, 2.05) is 12.1 Å². The summed E-state index contributed by atoms with van der Waals surface area (Å²) in [6.07, 6.45) is 6.01. The van der Waals surface area contributed by atoms with Crippen molar-refractivity contribution in [1.29, 1.82) is 0 Å². The van der Waals surface area contributed by atoms with E-state index in [-0.39, 0.29) is 5.91 Å². The van der Waals surface area contributed by atoms with E-state index in [4.69, 9.17) is 5.73 Å². The van der Waals surface area contributed by atoms with Gasteiger partial charge in [-0.15, -0.1) is 0 Å². The fourth-order valence-corrected chi connectivity index (χ4v) is 3.03. The second-order valence-electron chi connectivity index (χ2n) is 5.46. The van der Waals surface area contributed by atoms with Crippen LogP contribution < -0.4 is 16.0 Å². The molecular weight excluding hydrogens is 250 g/mol. The van der Waals surface area contributed by atoms with Crippen LogP contribution in [0.25, 0.3) is 0 Å². The van der Waals surface area contributed by atoms with Crippen molar-refractivity contribution in [2.75, 3.05) is 24.2 Å². The van der Waals surface area contributed by atoms with E-state index in [2.05, 4.69) is 17.1 Å². The van der Waals surface area contributed by atoms with Gasteiger partial charge in [0.25, 0.3) is 5.91 Å². The van der Waals surface area contributed by atoms with Crippen LogP contribution >= 0.6 is 0 Å². The van der Waals surface area contributed by atoms with Crippen LogP contribution in [0.1, 0.15) is 49.4 Å². The van der Waals surface area contributed by atoms with Crippen LogP contribution in [0.3, 0.4) is 0 Å². The van der Waals surface area contributed by atoms with Crippen LogP contribution in [0, 0.1) is 0 Å². The van der Waals surface area contributed by atoms with Gasteiger partial charge in [0.1, 0.15) is 0 Å². The number of amides is 1. The van der Waals surface area contributed by atoms with Gasteiger partial charge in [-0.3, -0.25) is 4.79 Å². The Morgan fingerprint density at radius 3 is 2.90 bits per heavy atom. The molecule has 110 valence electrons. The van der Waals surface area contributed by atoms with Crippen LogP contribution in [0.2, 0.25) is 0 Å². The number of carbonyl (C=O) groups excluding carboxylic acids is 1. The molecule has 0 aromatic heterocycles. The van der Waals surface area contributed by atoms with Crippen LogP contribution in [-0.4, -0.2) is 25.5 Å². The molecule has 1 fully saturated rings.